The first kappa shape index (κ1) is 12.1. The summed E-state index contributed by atoms with van der Waals surface area (Å²) in [5, 5.41) is 1.21. The first-order chi connectivity index (χ1) is 9.33. The Hall–Kier alpha value is -1.91. The van der Waals surface area contributed by atoms with Gasteiger partial charge < -0.3 is 0 Å². The molecule has 0 spiro atoms. The normalized spacial score (nSPS) is 10.4. The van der Waals surface area contributed by atoms with Gasteiger partial charge in [-0.15, -0.1) is 9.24 Å². The van der Waals surface area contributed by atoms with E-state index < -0.39 is 0 Å². The summed E-state index contributed by atoms with van der Waals surface area (Å²) in [6.07, 6.45) is 0. The van der Waals surface area contributed by atoms with Gasteiger partial charge in [0.25, 0.3) is 0 Å². The van der Waals surface area contributed by atoms with Gasteiger partial charge in [0.2, 0.25) is 0 Å². The van der Waals surface area contributed by atoms with E-state index in [2.05, 4.69) is 82.0 Å². The molecule has 0 nitrogen and oxygen atoms in total. The Kier molecular flexibility index (Phi) is 3.44. The Morgan fingerprint density at radius 2 is 0.789 bits per heavy atom. The largest absolute Gasteiger partial charge is 0.106 e. The molecule has 0 saturated heterocycles. The average Bonchev–Trinajstić information content (AvgIpc) is 2.49. The predicted molar refractivity (Wildman–Crippen MR) is 86.7 cm³/mol. The molecule has 0 amide bonds. The fourth-order valence-corrected chi connectivity index (χ4v) is 2.35. The predicted octanol–water partition coefficient (Wildman–Crippen LogP) is 4.52. The van der Waals surface area contributed by atoms with Crippen molar-refractivity contribution in [2.24, 2.45) is 0 Å². The molecule has 0 bridgehead atoms. The topological polar surface area (TPSA) is 0 Å². The maximum Gasteiger partial charge on any atom is -0.0184 e. The van der Waals surface area contributed by atoms with Crippen LogP contribution in [0.5, 0.6) is 0 Å². The van der Waals surface area contributed by atoms with Gasteiger partial charge in [-0.2, -0.15) is 0 Å². The quantitative estimate of drug-likeness (QED) is 0.596. The molecule has 0 N–H and O–H groups in total. The van der Waals surface area contributed by atoms with Gasteiger partial charge in [0.1, 0.15) is 0 Å². The molecule has 0 fully saturated rings. The summed E-state index contributed by atoms with van der Waals surface area (Å²) in [6.45, 7) is 0. The van der Waals surface area contributed by atoms with Crippen LogP contribution in [0.2, 0.25) is 0 Å². The summed E-state index contributed by atoms with van der Waals surface area (Å²) < 4.78 is 0. The Balaban J connectivity index is 1.93. The Morgan fingerprint density at radius 1 is 0.421 bits per heavy atom. The monoisotopic (exact) mass is 262 g/mol. The van der Waals surface area contributed by atoms with E-state index in [9.17, 15) is 0 Å². The van der Waals surface area contributed by atoms with Crippen LogP contribution in [0.3, 0.4) is 0 Å². The van der Waals surface area contributed by atoms with E-state index in [1.165, 1.54) is 27.6 Å². The Morgan fingerprint density at radius 3 is 1.26 bits per heavy atom. The molecule has 0 aliphatic heterocycles. The van der Waals surface area contributed by atoms with Crippen molar-refractivity contribution in [2.45, 2.75) is 0 Å². The van der Waals surface area contributed by atoms with Gasteiger partial charge >= 0.3 is 0 Å². The van der Waals surface area contributed by atoms with Crippen LogP contribution in [-0.2, 0) is 0 Å². The molecule has 0 radical (unpaired) electrons. The van der Waals surface area contributed by atoms with Crippen molar-refractivity contribution < 1.29 is 0 Å². The number of hydrogen-bond donors (Lipinski definition) is 0. The van der Waals surface area contributed by atoms with Crippen molar-refractivity contribution in [2.75, 3.05) is 0 Å². The molecule has 0 aliphatic rings. The summed E-state index contributed by atoms with van der Waals surface area (Å²) in [5.41, 5.74) is 5.02. The molecule has 3 rings (SSSR count). The molecular weight excluding hydrogens is 247 g/mol. The van der Waals surface area contributed by atoms with Gasteiger partial charge in [0, 0.05) is 0 Å². The third-order valence-corrected chi connectivity index (χ3v) is 3.62. The number of rotatable bonds is 2. The minimum atomic E-state index is 1.21. The molecule has 3 aromatic carbocycles. The standard InChI is InChI=1S/C18H15P/c19-18-12-10-17(11-13-18)16-8-6-15(7-9-16)14-4-2-1-3-5-14/h1-13H,19H2. The summed E-state index contributed by atoms with van der Waals surface area (Å²) in [4.78, 5) is 0. The van der Waals surface area contributed by atoms with Crippen LogP contribution < -0.4 is 5.30 Å². The second-order valence-electron chi connectivity index (χ2n) is 4.57. The van der Waals surface area contributed by atoms with Crippen molar-refractivity contribution in [3.63, 3.8) is 0 Å². The number of benzene rings is 3. The van der Waals surface area contributed by atoms with Crippen LogP contribution in [-0.4, -0.2) is 0 Å². The zero-order valence-electron chi connectivity index (χ0n) is 10.6. The van der Waals surface area contributed by atoms with Crippen LogP contribution in [0.4, 0.5) is 0 Å². The Bertz CT molecular complexity index is 652. The van der Waals surface area contributed by atoms with Gasteiger partial charge in [-0.05, 0) is 27.6 Å². The molecule has 19 heavy (non-hydrogen) atoms. The highest BCUT2D eigenvalue weighted by Gasteiger charge is 1.99. The minimum Gasteiger partial charge on any atom is -0.106 e. The zero-order chi connectivity index (χ0) is 13.1. The van der Waals surface area contributed by atoms with Crippen LogP contribution in [0.25, 0.3) is 22.3 Å². The maximum atomic E-state index is 2.71. The fraction of sp³-hybridized carbons (Fsp3) is 0. The lowest BCUT2D eigenvalue weighted by Gasteiger charge is -2.05. The smallest absolute Gasteiger partial charge is 0.0184 e. The zero-order valence-corrected chi connectivity index (χ0v) is 11.7. The van der Waals surface area contributed by atoms with Crippen LogP contribution in [0.1, 0.15) is 0 Å². The van der Waals surface area contributed by atoms with Crippen LogP contribution in [0.15, 0.2) is 78.9 Å². The second kappa shape index (κ2) is 5.38. The molecule has 1 unspecified atom stereocenters. The summed E-state index contributed by atoms with van der Waals surface area (Å²) in [5.74, 6) is 0. The van der Waals surface area contributed by atoms with E-state index in [-0.39, 0.29) is 0 Å². The van der Waals surface area contributed by atoms with E-state index in [1.54, 1.807) is 0 Å². The van der Waals surface area contributed by atoms with Gasteiger partial charge in [0.05, 0.1) is 0 Å². The lowest BCUT2D eigenvalue weighted by Crippen LogP contribution is -1.87. The molecule has 0 aromatic heterocycles. The van der Waals surface area contributed by atoms with Gasteiger partial charge in [0.15, 0.2) is 0 Å². The first-order valence-corrected chi connectivity index (χ1v) is 6.92. The molecule has 0 saturated carbocycles. The minimum absolute atomic E-state index is 1.21. The van der Waals surface area contributed by atoms with E-state index in [0.29, 0.717) is 0 Å². The Labute approximate surface area is 116 Å². The lowest BCUT2D eigenvalue weighted by atomic mass is 10.0. The van der Waals surface area contributed by atoms with Crippen molar-refractivity contribution in [1.82, 2.24) is 0 Å². The third kappa shape index (κ3) is 2.75. The summed E-state index contributed by atoms with van der Waals surface area (Å²) in [7, 11) is 2.71. The highest BCUT2D eigenvalue weighted by atomic mass is 31.0. The van der Waals surface area contributed by atoms with Crippen molar-refractivity contribution in [1.29, 1.82) is 0 Å². The SMILES string of the molecule is Pc1ccc(-c2ccc(-c3ccccc3)cc2)cc1. The lowest BCUT2D eigenvalue weighted by molar-refractivity contribution is 1.60. The van der Waals surface area contributed by atoms with Gasteiger partial charge in [-0.25, -0.2) is 0 Å². The highest BCUT2D eigenvalue weighted by molar-refractivity contribution is 7.27. The summed E-state index contributed by atoms with van der Waals surface area (Å²) in [6, 6.07) is 27.7. The number of hydrogen-bond acceptors (Lipinski definition) is 0. The van der Waals surface area contributed by atoms with Crippen molar-refractivity contribution in [3.05, 3.63) is 78.9 Å². The molecule has 0 aliphatic carbocycles. The van der Waals surface area contributed by atoms with Crippen molar-refractivity contribution >= 4 is 14.5 Å². The maximum absolute atomic E-state index is 2.71. The van der Waals surface area contributed by atoms with Crippen LogP contribution >= 0.6 is 9.24 Å². The molecule has 1 atom stereocenters. The molecule has 3 aromatic rings. The molecular formula is C18H15P. The molecule has 1 heteroatoms. The average molecular weight is 262 g/mol. The van der Waals surface area contributed by atoms with Gasteiger partial charge in [-0.3, -0.25) is 0 Å². The van der Waals surface area contributed by atoms with Gasteiger partial charge in [-0.1, -0.05) is 78.9 Å². The molecule has 0 heterocycles. The summed E-state index contributed by atoms with van der Waals surface area (Å²) >= 11 is 0. The van der Waals surface area contributed by atoms with E-state index in [4.69, 9.17) is 0 Å². The van der Waals surface area contributed by atoms with E-state index >= 15 is 0 Å². The highest BCUT2D eigenvalue weighted by Crippen LogP contribution is 2.24. The van der Waals surface area contributed by atoms with Crippen molar-refractivity contribution in [3.8, 4) is 22.3 Å². The van der Waals surface area contributed by atoms with E-state index in [0.717, 1.165) is 0 Å². The second-order valence-corrected chi connectivity index (χ2v) is 5.23. The van der Waals surface area contributed by atoms with Crippen LogP contribution in [0, 0.1) is 0 Å². The fourth-order valence-electron chi connectivity index (χ4n) is 2.16. The first-order valence-electron chi connectivity index (χ1n) is 6.34. The molecule has 92 valence electrons. The third-order valence-electron chi connectivity index (χ3n) is 3.24. The van der Waals surface area contributed by atoms with E-state index in [1.807, 2.05) is 6.07 Å².